The van der Waals surface area contributed by atoms with Crippen molar-refractivity contribution >= 4 is 52.1 Å². The fourth-order valence-corrected chi connectivity index (χ4v) is 4.06. The first-order valence-corrected chi connectivity index (χ1v) is 9.66. The summed E-state index contributed by atoms with van der Waals surface area (Å²) in [6.45, 7) is -0.0871. The predicted molar refractivity (Wildman–Crippen MR) is 106 cm³/mol. The predicted octanol–water partition coefficient (Wildman–Crippen LogP) is 3.92. The quantitative estimate of drug-likeness (QED) is 0.338. The summed E-state index contributed by atoms with van der Waals surface area (Å²) < 4.78 is 0. The molecule has 2 amide bonds. The van der Waals surface area contributed by atoms with Gasteiger partial charge >= 0.3 is 0 Å². The summed E-state index contributed by atoms with van der Waals surface area (Å²) in [5, 5.41) is 19.8. The van der Waals surface area contributed by atoms with Crippen LogP contribution < -0.4 is 4.90 Å². The van der Waals surface area contributed by atoms with E-state index in [1.54, 1.807) is 42.5 Å². The van der Waals surface area contributed by atoms with E-state index in [0.29, 0.717) is 21.9 Å². The number of para-hydroxylation sites is 1. The molecule has 1 saturated heterocycles. The summed E-state index contributed by atoms with van der Waals surface area (Å²) in [4.78, 5) is 37.3. The van der Waals surface area contributed by atoms with Crippen LogP contribution in [-0.2, 0) is 4.79 Å². The molecule has 9 heteroatoms. The normalized spacial score (nSPS) is 15.6. The SMILES string of the molecule is O=C1S/C(=C/c2ccc(SCCO)c([N+](=O)[O-])c2)C(=O)N1c1ccccc1. The van der Waals surface area contributed by atoms with Crippen molar-refractivity contribution in [2.75, 3.05) is 17.3 Å². The minimum atomic E-state index is -0.507. The van der Waals surface area contributed by atoms with Gasteiger partial charge in [0.2, 0.25) is 0 Å². The van der Waals surface area contributed by atoms with E-state index >= 15 is 0 Å². The average molecular weight is 402 g/mol. The monoisotopic (exact) mass is 402 g/mol. The van der Waals surface area contributed by atoms with E-state index in [4.69, 9.17) is 5.11 Å². The first-order chi connectivity index (χ1) is 13.0. The van der Waals surface area contributed by atoms with Crippen LogP contribution in [0.4, 0.5) is 16.2 Å². The summed E-state index contributed by atoms with van der Waals surface area (Å²) in [7, 11) is 0. The van der Waals surface area contributed by atoms with Gasteiger partial charge in [-0.05, 0) is 41.6 Å². The Morgan fingerprint density at radius 2 is 1.93 bits per heavy atom. The molecule has 0 radical (unpaired) electrons. The number of benzene rings is 2. The lowest BCUT2D eigenvalue weighted by Crippen LogP contribution is -2.27. The first kappa shape index (κ1) is 19.2. The van der Waals surface area contributed by atoms with E-state index in [0.717, 1.165) is 16.7 Å². The molecule has 138 valence electrons. The molecule has 2 aromatic rings. The Morgan fingerprint density at radius 1 is 1.19 bits per heavy atom. The van der Waals surface area contributed by atoms with Crippen LogP contribution in [0.25, 0.3) is 6.08 Å². The lowest BCUT2D eigenvalue weighted by Gasteiger charge is -2.11. The fourth-order valence-electron chi connectivity index (χ4n) is 2.46. The Bertz CT molecular complexity index is 931. The zero-order valence-electron chi connectivity index (χ0n) is 13.9. The van der Waals surface area contributed by atoms with Crippen molar-refractivity contribution in [1.82, 2.24) is 0 Å². The third-order valence-electron chi connectivity index (χ3n) is 3.63. The second-order valence-electron chi connectivity index (χ2n) is 5.41. The van der Waals surface area contributed by atoms with Gasteiger partial charge in [0.1, 0.15) is 0 Å². The number of nitro groups is 1. The summed E-state index contributed by atoms with van der Waals surface area (Å²) in [6.07, 6.45) is 1.47. The minimum absolute atomic E-state index is 0.0871. The number of anilines is 1. The van der Waals surface area contributed by atoms with Gasteiger partial charge in [0.25, 0.3) is 16.8 Å². The van der Waals surface area contributed by atoms with Crippen LogP contribution in [0.2, 0.25) is 0 Å². The molecule has 2 aromatic carbocycles. The van der Waals surface area contributed by atoms with E-state index < -0.39 is 16.1 Å². The van der Waals surface area contributed by atoms with Crippen molar-refractivity contribution in [3.8, 4) is 0 Å². The van der Waals surface area contributed by atoms with Gasteiger partial charge in [0, 0.05) is 11.8 Å². The highest BCUT2D eigenvalue weighted by Crippen LogP contribution is 2.37. The molecule has 0 atom stereocenters. The molecule has 1 aliphatic rings. The van der Waals surface area contributed by atoms with Crippen LogP contribution in [-0.4, -0.2) is 33.5 Å². The van der Waals surface area contributed by atoms with Gasteiger partial charge < -0.3 is 5.11 Å². The minimum Gasteiger partial charge on any atom is -0.396 e. The number of amides is 2. The summed E-state index contributed by atoms with van der Waals surface area (Å²) in [6, 6.07) is 13.1. The third-order valence-corrected chi connectivity index (χ3v) is 5.55. The van der Waals surface area contributed by atoms with Gasteiger partial charge in [0.05, 0.1) is 27.0 Å². The molecule has 0 spiro atoms. The molecular weight excluding hydrogens is 388 g/mol. The highest BCUT2D eigenvalue weighted by atomic mass is 32.2. The zero-order valence-corrected chi connectivity index (χ0v) is 15.5. The Balaban J connectivity index is 1.90. The molecule has 1 aliphatic heterocycles. The number of aliphatic hydroxyl groups excluding tert-OH is 1. The van der Waals surface area contributed by atoms with Gasteiger partial charge in [-0.3, -0.25) is 19.7 Å². The molecule has 7 nitrogen and oxygen atoms in total. The summed E-state index contributed by atoms with van der Waals surface area (Å²) in [5.74, 6) is -0.117. The summed E-state index contributed by atoms with van der Waals surface area (Å²) >= 11 is 1.97. The summed E-state index contributed by atoms with van der Waals surface area (Å²) in [5.41, 5.74) is 0.822. The van der Waals surface area contributed by atoms with E-state index in [1.165, 1.54) is 23.9 Å². The van der Waals surface area contributed by atoms with Crippen molar-refractivity contribution in [1.29, 1.82) is 0 Å². The van der Waals surface area contributed by atoms with Gasteiger partial charge in [-0.15, -0.1) is 11.8 Å². The number of nitro benzene ring substituents is 1. The standard InChI is InChI=1S/C18H14N2O5S2/c21-8-9-26-15-7-6-12(10-14(15)20(24)25)11-16-17(22)19(18(23)27-16)13-4-2-1-3-5-13/h1-7,10-11,21H,8-9H2/b16-11+. The Hall–Kier alpha value is -2.62. The second kappa shape index (κ2) is 8.38. The van der Waals surface area contributed by atoms with Crippen molar-refractivity contribution in [3.05, 3.63) is 69.1 Å². The number of imide groups is 1. The van der Waals surface area contributed by atoms with Crippen LogP contribution >= 0.6 is 23.5 Å². The van der Waals surface area contributed by atoms with E-state index in [2.05, 4.69) is 0 Å². The maximum Gasteiger partial charge on any atom is 0.298 e. The molecule has 1 fully saturated rings. The van der Waals surface area contributed by atoms with E-state index in [-0.39, 0.29) is 17.2 Å². The molecule has 1 heterocycles. The van der Waals surface area contributed by atoms with Crippen molar-refractivity contribution in [3.63, 3.8) is 0 Å². The number of rotatable bonds is 6. The Morgan fingerprint density at radius 3 is 2.59 bits per heavy atom. The average Bonchev–Trinajstić information content (AvgIpc) is 2.94. The molecule has 0 aromatic heterocycles. The number of nitrogens with zero attached hydrogens (tertiary/aromatic N) is 2. The van der Waals surface area contributed by atoms with Crippen LogP contribution in [0.3, 0.4) is 0 Å². The molecular formula is C18H14N2O5S2. The maximum absolute atomic E-state index is 12.6. The van der Waals surface area contributed by atoms with Gasteiger partial charge in [-0.25, -0.2) is 4.90 Å². The molecule has 0 unspecified atom stereocenters. The molecule has 3 rings (SSSR count). The third kappa shape index (κ3) is 4.21. The number of thioether (sulfide) groups is 2. The molecule has 0 saturated carbocycles. The maximum atomic E-state index is 12.6. The number of aliphatic hydroxyl groups is 1. The second-order valence-corrected chi connectivity index (χ2v) is 7.54. The number of hydrogen-bond acceptors (Lipinski definition) is 7. The van der Waals surface area contributed by atoms with E-state index in [9.17, 15) is 19.7 Å². The lowest BCUT2D eigenvalue weighted by molar-refractivity contribution is -0.387. The zero-order chi connectivity index (χ0) is 19.4. The van der Waals surface area contributed by atoms with Crippen LogP contribution in [0.5, 0.6) is 0 Å². The topological polar surface area (TPSA) is 101 Å². The van der Waals surface area contributed by atoms with Crippen LogP contribution in [0, 0.1) is 10.1 Å². The van der Waals surface area contributed by atoms with Gasteiger partial charge in [-0.1, -0.05) is 24.3 Å². The molecule has 0 bridgehead atoms. The van der Waals surface area contributed by atoms with Crippen molar-refractivity contribution < 1.29 is 19.6 Å². The lowest BCUT2D eigenvalue weighted by atomic mass is 10.2. The first-order valence-electron chi connectivity index (χ1n) is 7.86. The Labute approximate surface area is 163 Å². The molecule has 27 heavy (non-hydrogen) atoms. The number of carbonyl (C=O) groups is 2. The van der Waals surface area contributed by atoms with Gasteiger partial charge in [0.15, 0.2) is 0 Å². The molecule has 1 N–H and O–H groups in total. The smallest absolute Gasteiger partial charge is 0.298 e. The number of hydrogen-bond donors (Lipinski definition) is 1. The van der Waals surface area contributed by atoms with Crippen LogP contribution in [0.1, 0.15) is 5.56 Å². The number of carbonyl (C=O) groups excluding carboxylic acids is 2. The van der Waals surface area contributed by atoms with Crippen molar-refractivity contribution in [2.24, 2.45) is 0 Å². The largest absolute Gasteiger partial charge is 0.396 e. The highest BCUT2D eigenvalue weighted by Gasteiger charge is 2.36. The van der Waals surface area contributed by atoms with Crippen LogP contribution in [0.15, 0.2) is 58.3 Å². The van der Waals surface area contributed by atoms with Gasteiger partial charge in [-0.2, -0.15) is 0 Å². The van der Waals surface area contributed by atoms with Crippen molar-refractivity contribution in [2.45, 2.75) is 4.90 Å². The Kier molecular flexibility index (Phi) is 5.94. The highest BCUT2D eigenvalue weighted by molar-refractivity contribution is 8.19. The fraction of sp³-hybridized carbons (Fsp3) is 0.111. The molecule has 0 aliphatic carbocycles. The van der Waals surface area contributed by atoms with E-state index in [1.807, 2.05) is 0 Å².